The van der Waals surface area contributed by atoms with Crippen molar-refractivity contribution in [3.8, 4) is 11.8 Å². The first-order valence-corrected chi connectivity index (χ1v) is 8.43. The topological polar surface area (TPSA) is 94.0 Å². The van der Waals surface area contributed by atoms with Crippen LogP contribution in [-0.4, -0.2) is 40.8 Å². The quantitative estimate of drug-likeness (QED) is 0.895. The third-order valence-corrected chi connectivity index (χ3v) is 4.32. The highest BCUT2D eigenvalue weighted by molar-refractivity contribution is 5.89. The third-order valence-electron chi connectivity index (χ3n) is 4.32. The summed E-state index contributed by atoms with van der Waals surface area (Å²) >= 11 is 0. The lowest BCUT2D eigenvalue weighted by atomic mass is 9.95. The molecule has 25 heavy (non-hydrogen) atoms. The molecule has 3 rings (SSSR count). The summed E-state index contributed by atoms with van der Waals surface area (Å²) in [7, 11) is 0. The zero-order valence-corrected chi connectivity index (χ0v) is 14.2. The van der Waals surface area contributed by atoms with Crippen LogP contribution >= 0.6 is 0 Å². The Bertz CT molecular complexity index is 766. The van der Waals surface area contributed by atoms with Gasteiger partial charge in [-0.2, -0.15) is 10.4 Å². The number of hydrogen-bond acceptors (Lipinski definition) is 4. The first-order valence-electron chi connectivity index (χ1n) is 8.43. The van der Waals surface area contributed by atoms with E-state index in [4.69, 9.17) is 4.74 Å². The molecule has 1 atom stereocenters. The van der Waals surface area contributed by atoms with Crippen LogP contribution in [0.3, 0.4) is 0 Å². The number of aromatic nitrogens is 2. The number of anilines is 1. The van der Waals surface area contributed by atoms with Gasteiger partial charge in [0.25, 0.3) is 0 Å². The van der Waals surface area contributed by atoms with Crippen LogP contribution in [0, 0.1) is 11.3 Å². The first-order chi connectivity index (χ1) is 12.2. The molecule has 1 saturated heterocycles. The number of nitrogens with one attached hydrogen (secondary N) is 2. The summed E-state index contributed by atoms with van der Waals surface area (Å²) in [6.07, 6.45) is 3.72. The molecule has 2 heterocycles. The van der Waals surface area contributed by atoms with Crippen molar-refractivity contribution in [2.45, 2.75) is 25.7 Å². The molecule has 0 spiro atoms. The number of nitrogens with zero attached hydrogens (tertiary/aromatic N) is 3. The van der Waals surface area contributed by atoms with Crippen molar-refractivity contribution in [2.24, 2.45) is 0 Å². The summed E-state index contributed by atoms with van der Waals surface area (Å²) in [4.78, 5) is 14.4. The van der Waals surface area contributed by atoms with E-state index < -0.39 is 0 Å². The lowest BCUT2D eigenvalue weighted by molar-refractivity contribution is 0.192. The molecule has 0 bridgehead atoms. The van der Waals surface area contributed by atoms with Gasteiger partial charge in [-0.15, -0.1) is 0 Å². The van der Waals surface area contributed by atoms with Crippen molar-refractivity contribution < 1.29 is 9.53 Å². The predicted octanol–water partition coefficient (Wildman–Crippen LogP) is 3.09. The van der Waals surface area contributed by atoms with Gasteiger partial charge in [-0.3, -0.25) is 5.10 Å². The Hall–Kier alpha value is -3.01. The number of benzene rings is 1. The maximum Gasteiger partial charge on any atom is 0.321 e. The van der Waals surface area contributed by atoms with E-state index >= 15 is 0 Å². The molecule has 7 heteroatoms. The fourth-order valence-electron chi connectivity index (χ4n) is 3.09. The standard InChI is InChI=1S/C18H21N5O2/c1-2-25-17-6-5-15(10-14(17)11-19)21-18(24)23-9-3-4-13(12-23)16-7-8-20-22-16/h5-8,10,13H,2-4,9,12H2,1H3,(H,20,22)(H,21,24)/t13-/m0/s1. The number of amides is 2. The predicted molar refractivity (Wildman–Crippen MR) is 93.5 cm³/mol. The second kappa shape index (κ2) is 7.71. The largest absolute Gasteiger partial charge is 0.492 e. The van der Waals surface area contributed by atoms with E-state index in [2.05, 4.69) is 21.6 Å². The molecule has 1 fully saturated rings. The van der Waals surface area contributed by atoms with Crippen molar-refractivity contribution in [3.05, 3.63) is 41.7 Å². The molecule has 2 N–H and O–H groups in total. The number of urea groups is 1. The highest BCUT2D eigenvalue weighted by Crippen LogP contribution is 2.26. The van der Waals surface area contributed by atoms with Crippen LogP contribution in [0.15, 0.2) is 30.5 Å². The molecule has 1 aliphatic heterocycles. The number of ether oxygens (including phenoxy) is 1. The van der Waals surface area contributed by atoms with E-state index in [0.29, 0.717) is 30.2 Å². The average molecular weight is 339 g/mol. The number of H-pyrrole nitrogens is 1. The Morgan fingerprint density at radius 3 is 3.12 bits per heavy atom. The van der Waals surface area contributed by atoms with Gasteiger partial charge in [-0.1, -0.05) is 0 Å². The van der Waals surface area contributed by atoms with E-state index in [9.17, 15) is 10.1 Å². The van der Waals surface area contributed by atoms with Gasteiger partial charge in [0.2, 0.25) is 0 Å². The summed E-state index contributed by atoms with van der Waals surface area (Å²) in [5.74, 6) is 0.803. The van der Waals surface area contributed by atoms with Gasteiger partial charge < -0.3 is 15.0 Å². The normalized spacial score (nSPS) is 17.0. The van der Waals surface area contributed by atoms with Gasteiger partial charge >= 0.3 is 6.03 Å². The molecule has 1 aromatic carbocycles. The number of aromatic amines is 1. The van der Waals surface area contributed by atoms with E-state index in [1.54, 1.807) is 29.3 Å². The lowest BCUT2D eigenvalue weighted by Gasteiger charge is -2.32. The van der Waals surface area contributed by atoms with Gasteiger partial charge in [0.15, 0.2) is 0 Å². The van der Waals surface area contributed by atoms with E-state index in [1.807, 2.05) is 13.0 Å². The number of likely N-dealkylation sites (tertiary alicyclic amines) is 1. The van der Waals surface area contributed by atoms with Crippen LogP contribution in [-0.2, 0) is 0 Å². The number of carbonyl (C=O) groups is 1. The molecule has 130 valence electrons. The molecular weight excluding hydrogens is 318 g/mol. The monoisotopic (exact) mass is 339 g/mol. The number of piperidine rings is 1. The Morgan fingerprint density at radius 2 is 2.40 bits per heavy atom. The third kappa shape index (κ3) is 3.91. The Morgan fingerprint density at radius 1 is 1.52 bits per heavy atom. The van der Waals surface area contributed by atoms with Crippen molar-refractivity contribution in [1.29, 1.82) is 5.26 Å². The zero-order valence-electron chi connectivity index (χ0n) is 14.2. The highest BCUT2D eigenvalue weighted by atomic mass is 16.5. The summed E-state index contributed by atoms with van der Waals surface area (Å²) in [5, 5.41) is 19.1. The maximum absolute atomic E-state index is 12.6. The van der Waals surface area contributed by atoms with Gasteiger partial charge in [-0.25, -0.2) is 4.79 Å². The summed E-state index contributed by atoms with van der Waals surface area (Å²) in [6.45, 7) is 3.72. The molecule has 0 unspecified atom stereocenters. The number of nitriles is 1. The van der Waals surface area contributed by atoms with Crippen molar-refractivity contribution >= 4 is 11.7 Å². The minimum absolute atomic E-state index is 0.155. The highest BCUT2D eigenvalue weighted by Gasteiger charge is 2.25. The molecule has 0 saturated carbocycles. The van der Waals surface area contributed by atoms with E-state index in [1.165, 1.54) is 0 Å². The first kappa shape index (κ1) is 16.8. The smallest absolute Gasteiger partial charge is 0.321 e. The van der Waals surface area contributed by atoms with Crippen LogP contribution in [0.1, 0.15) is 36.9 Å². The maximum atomic E-state index is 12.6. The van der Waals surface area contributed by atoms with Crippen LogP contribution < -0.4 is 10.1 Å². The fraction of sp³-hybridized carbons (Fsp3) is 0.389. The second-order valence-electron chi connectivity index (χ2n) is 5.98. The van der Waals surface area contributed by atoms with Crippen LogP contribution in [0.4, 0.5) is 10.5 Å². The van der Waals surface area contributed by atoms with Crippen molar-refractivity contribution in [3.63, 3.8) is 0 Å². The molecule has 2 aromatic rings. The average Bonchev–Trinajstić information content (AvgIpc) is 3.18. The number of hydrogen-bond donors (Lipinski definition) is 2. The summed E-state index contributed by atoms with van der Waals surface area (Å²) < 4.78 is 5.40. The number of carbonyl (C=O) groups excluding carboxylic acids is 1. The molecule has 7 nitrogen and oxygen atoms in total. The van der Waals surface area contributed by atoms with Crippen LogP contribution in [0.5, 0.6) is 5.75 Å². The molecule has 2 amide bonds. The SMILES string of the molecule is CCOc1ccc(NC(=O)N2CCC[C@H](c3ccn[nH]3)C2)cc1C#N. The lowest BCUT2D eigenvalue weighted by Crippen LogP contribution is -2.41. The second-order valence-corrected chi connectivity index (χ2v) is 5.98. The fourth-order valence-corrected chi connectivity index (χ4v) is 3.09. The Labute approximate surface area is 146 Å². The molecule has 1 aromatic heterocycles. The van der Waals surface area contributed by atoms with E-state index in [-0.39, 0.29) is 11.9 Å². The van der Waals surface area contributed by atoms with Crippen molar-refractivity contribution in [1.82, 2.24) is 15.1 Å². The summed E-state index contributed by atoms with van der Waals surface area (Å²) in [5.41, 5.74) is 2.06. The molecule has 0 aliphatic carbocycles. The molecule has 0 radical (unpaired) electrons. The number of rotatable bonds is 4. The van der Waals surface area contributed by atoms with Crippen molar-refractivity contribution in [2.75, 3.05) is 25.0 Å². The van der Waals surface area contributed by atoms with E-state index in [0.717, 1.165) is 25.1 Å². The van der Waals surface area contributed by atoms with Crippen LogP contribution in [0.25, 0.3) is 0 Å². The minimum atomic E-state index is -0.155. The zero-order chi connectivity index (χ0) is 17.6. The minimum Gasteiger partial charge on any atom is -0.492 e. The van der Waals surface area contributed by atoms with Gasteiger partial charge in [0.05, 0.1) is 12.2 Å². The van der Waals surface area contributed by atoms with Gasteiger partial charge in [0, 0.05) is 36.6 Å². The Balaban J connectivity index is 1.66. The Kier molecular flexibility index (Phi) is 5.19. The van der Waals surface area contributed by atoms with Gasteiger partial charge in [0.1, 0.15) is 11.8 Å². The summed E-state index contributed by atoms with van der Waals surface area (Å²) in [6, 6.07) is 9.00. The molecule has 1 aliphatic rings. The van der Waals surface area contributed by atoms with Gasteiger partial charge in [-0.05, 0) is 44.0 Å². The van der Waals surface area contributed by atoms with Crippen LogP contribution in [0.2, 0.25) is 0 Å². The molecular formula is C18H21N5O2.